The van der Waals surface area contributed by atoms with E-state index in [1.807, 2.05) is 24.3 Å². The van der Waals surface area contributed by atoms with E-state index in [0.717, 1.165) is 9.32 Å². The molecule has 0 aliphatic heterocycles. The maximum Gasteiger partial charge on any atom is 0.141 e. The number of alkyl halides is 2. The zero-order chi connectivity index (χ0) is 8.97. The third-order valence-corrected chi connectivity index (χ3v) is 2.10. The van der Waals surface area contributed by atoms with Gasteiger partial charge in [0.2, 0.25) is 0 Å². The number of hydrogen-bond donors (Lipinski definition) is 0. The second-order valence-corrected chi connectivity index (χ2v) is 4.68. The fourth-order valence-electron chi connectivity index (χ4n) is 0.716. The van der Waals surface area contributed by atoms with Crippen LogP contribution in [0.1, 0.15) is 0 Å². The van der Waals surface area contributed by atoms with Gasteiger partial charge >= 0.3 is 0 Å². The van der Waals surface area contributed by atoms with Crippen LogP contribution in [0.25, 0.3) is 0 Å². The molecule has 1 aromatic carbocycles. The Bertz CT molecular complexity index is 253. The van der Waals surface area contributed by atoms with Crippen molar-refractivity contribution >= 4 is 45.8 Å². The summed E-state index contributed by atoms with van der Waals surface area (Å²) in [5.41, 5.74) is 0. The molecule has 0 saturated carbocycles. The van der Waals surface area contributed by atoms with E-state index >= 15 is 0 Å². The Morgan fingerprint density at radius 1 is 1.42 bits per heavy atom. The average Bonchev–Trinajstić information content (AvgIpc) is 2.01. The van der Waals surface area contributed by atoms with Crippen molar-refractivity contribution in [3.63, 3.8) is 0 Å². The number of rotatable bonds is 3. The Kier molecular flexibility index (Phi) is 4.46. The lowest BCUT2D eigenvalue weighted by atomic mass is 10.3. The first-order chi connectivity index (χ1) is 5.68. The highest BCUT2D eigenvalue weighted by atomic mass is 127. The topological polar surface area (TPSA) is 9.23 Å². The molecule has 1 aromatic rings. The van der Waals surface area contributed by atoms with Crippen LogP contribution >= 0.6 is 45.8 Å². The standard InChI is InChI=1S/C8H7Cl2IO/c9-8(10)5-12-7-3-1-2-6(11)4-7/h1-4,8H,5H2. The van der Waals surface area contributed by atoms with Crippen LogP contribution in [0.4, 0.5) is 0 Å². The van der Waals surface area contributed by atoms with E-state index in [9.17, 15) is 0 Å². The maximum absolute atomic E-state index is 5.51. The van der Waals surface area contributed by atoms with Crippen LogP contribution in [-0.4, -0.2) is 11.4 Å². The van der Waals surface area contributed by atoms with Crippen LogP contribution in [-0.2, 0) is 0 Å². The third-order valence-electron chi connectivity index (χ3n) is 1.17. The summed E-state index contributed by atoms with van der Waals surface area (Å²) < 4.78 is 6.41. The predicted octanol–water partition coefficient (Wildman–Crippen LogP) is 3.47. The van der Waals surface area contributed by atoms with Crippen molar-refractivity contribution in [2.45, 2.75) is 4.84 Å². The first-order valence-corrected chi connectivity index (χ1v) is 5.30. The maximum atomic E-state index is 5.51. The summed E-state index contributed by atoms with van der Waals surface area (Å²) in [6.45, 7) is 0.323. The zero-order valence-electron chi connectivity index (χ0n) is 6.14. The third kappa shape index (κ3) is 3.83. The van der Waals surface area contributed by atoms with Crippen LogP contribution in [0.15, 0.2) is 24.3 Å². The lowest BCUT2D eigenvalue weighted by molar-refractivity contribution is 0.334. The van der Waals surface area contributed by atoms with E-state index in [0.29, 0.717) is 6.61 Å². The largest absolute Gasteiger partial charge is 0.491 e. The zero-order valence-corrected chi connectivity index (χ0v) is 9.81. The fourth-order valence-corrected chi connectivity index (χ4v) is 1.36. The normalized spacial score (nSPS) is 10.3. The Balaban J connectivity index is 2.52. The first-order valence-electron chi connectivity index (χ1n) is 3.35. The minimum Gasteiger partial charge on any atom is -0.491 e. The molecular formula is C8H7Cl2IO. The second-order valence-electron chi connectivity index (χ2n) is 2.16. The highest BCUT2D eigenvalue weighted by Gasteiger charge is 1.99. The first kappa shape index (κ1) is 10.4. The van der Waals surface area contributed by atoms with E-state index in [1.165, 1.54) is 0 Å². The van der Waals surface area contributed by atoms with Gasteiger partial charge in [0.15, 0.2) is 0 Å². The van der Waals surface area contributed by atoms with Crippen LogP contribution in [0.2, 0.25) is 0 Å². The van der Waals surface area contributed by atoms with Crippen molar-refractivity contribution in [2.75, 3.05) is 6.61 Å². The van der Waals surface area contributed by atoms with Gasteiger partial charge < -0.3 is 4.74 Å². The lowest BCUT2D eigenvalue weighted by Crippen LogP contribution is -2.04. The highest BCUT2D eigenvalue weighted by Crippen LogP contribution is 2.15. The summed E-state index contributed by atoms with van der Waals surface area (Å²) in [7, 11) is 0. The molecule has 0 aliphatic rings. The summed E-state index contributed by atoms with van der Waals surface area (Å²) in [6.07, 6.45) is 0. The van der Waals surface area contributed by atoms with Gasteiger partial charge in [-0.25, -0.2) is 0 Å². The molecule has 0 spiro atoms. The van der Waals surface area contributed by atoms with Gasteiger partial charge in [0, 0.05) is 3.57 Å². The van der Waals surface area contributed by atoms with Crippen molar-refractivity contribution in [1.29, 1.82) is 0 Å². The van der Waals surface area contributed by atoms with Crippen LogP contribution < -0.4 is 4.74 Å². The van der Waals surface area contributed by atoms with Gasteiger partial charge in [0.05, 0.1) is 0 Å². The molecule has 0 fully saturated rings. The molecular weight excluding hydrogens is 310 g/mol. The summed E-state index contributed by atoms with van der Waals surface area (Å²) in [5.74, 6) is 0.799. The molecule has 0 atom stereocenters. The summed E-state index contributed by atoms with van der Waals surface area (Å²) in [6, 6.07) is 7.72. The fraction of sp³-hybridized carbons (Fsp3) is 0.250. The van der Waals surface area contributed by atoms with Crippen LogP contribution in [0.3, 0.4) is 0 Å². The summed E-state index contributed by atoms with van der Waals surface area (Å²) >= 11 is 13.2. The number of hydrogen-bond acceptors (Lipinski definition) is 1. The van der Waals surface area contributed by atoms with Crippen LogP contribution in [0.5, 0.6) is 5.75 Å². The lowest BCUT2D eigenvalue weighted by Gasteiger charge is -2.05. The van der Waals surface area contributed by atoms with Crippen molar-refractivity contribution in [1.82, 2.24) is 0 Å². The molecule has 0 N–H and O–H groups in total. The van der Waals surface area contributed by atoms with Crippen molar-refractivity contribution in [2.24, 2.45) is 0 Å². The van der Waals surface area contributed by atoms with E-state index < -0.39 is 4.84 Å². The molecule has 12 heavy (non-hydrogen) atoms. The van der Waals surface area contributed by atoms with Gasteiger partial charge in [-0.05, 0) is 40.8 Å². The molecule has 0 heterocycles. The SMILES string of the molecule is ClC(Cl)COc1cccc(I)c1. The molecule has 0 amide bonds. The van der Waals surface area contributed by atoms with E-state index in [1.54, 1.807) is 0 Å². The minimum atomic E-state index is -0.470. The Labute approximate surface area is 95.1 Å². The molecule has 66 valence electrons. The molecule has 0 radical (unpaired) electrons. The van der Waals surface area contributed by atoms with E-state index in [4.69, 9.17) is 27.9 Å². The van der Waals surface area contributed by atoms with Gasteiger partial charge in [0.1, 0.15) is 17.2 Å². The molecule has 0 aromatic heterocycles. The Morgan fingerprint density at radius 3 is 2.75 bits per heavy atom. The van der Waals surface area contributed by atoms with Gasteiger partial charge in [-0.3, -0.25) is 0 Å². The van der Waals surface area contributed by atoms with E-state index in [2.05, 4.69) is 22.6 Å². The van der Waals surface area contributed by atoms with Crippen LogP contribution in [0, 0.1) is 3.57 Å². The smallest absolute Gasteiger partial charge is 0.141 e. The molecule has 0 aliphatic carbocycles. The molecule has 0 saturated heterocycles. The van der Waals surface area contributed by atoms with E-state index in [-0.39, 0.29) is 0 Å². The molecule has 1 nitrogen and oxygen atoms in total. The summed E-state index contributed by atoms with van der Waals surface area (Å²) in [5, 5.41) is 0. The van der Waals surface area contributed by atoms with Crippen molar-refractivity contribution < 1.29 is 4.74 Å². The second kappa shape index (κ2) is 5.14. The predicted molar refractivity (Wildman–Crippen MR) is 60.1 cm³/mol. The van der Waals surface area contributed by atoms with Gasteiger partial charge in [-0.15, -0.1) is 23.2 Å². The van der Waals surface area contributed by atoms with Crippen molar-refractivity contribution in [3.05, 3.63) is 27.8 Å². The quantitative estimate of drug-likeness (QED) is 0.613. The summed E-state index contributed by atoms with van der Waals surface area (Å²) in [4.78, 5) is -0.470. The Morgan fingerprint density at radius 2 is 2.17 bits per heavy atom. The molecule has 0 unspecified atom stereocenters. The number of halogens is 3. The van der Waals surface area contributed by atoms with Gasteiger partial charge in [-0.2, -0.15) is 0 Å². The number of benzene rings is 1. The average molecular weight is 317 g/mol. The Hall–Kier alpha value is 0.330. The minimum absolute atomic E-state index is 0.323. The molecule has 4 heteroatoms. The molecule has 0 bridgehead atoms. The van der Waals surface area contributed by atoms with Crippen molar-refractivity contribution in [3.8, 4) is 5.75 Å². The van der Waals surface area contributed by atoms with Gasteiger partial charge in [0.25, 0.3) is 0 Å². The number of ether oxygens (including phenoxy) is 1. The van der Waals surface area contributed by atoms with Gasteiger partial charge in [-0.1, -0.05) is 6.07 Å². The highest BCUT2D eigenvalue weighted by molar-refractivity contribution is 14.1. The monoisotopic (exact) mass is 316 g/mol. The molecule has 1 rings (SSSR count).